The molecule has 0 saturated carbocycles. The van der Waals surface area contributed by atoms with Crippen LogP contribution in [-0.2, 0) is 0 Å². The minimum absolute atomic E-state index is 0.153. The molecule has 0 radical (unpaired) electrons. The third-order valence-electron chi connectivity index (χ3n) is 6.38. The summed E-state index contributed by atoms with van der Waals surface area (Å²) in [5.41, 5.74) is 3.38. The molecule has 2 aromatic rings. The molecule has 1 nitrogen and oxygen atoms in total. The topological polar surface area (TPSA) is 9.23 Å². The molecule has 0 atom stereocenters. The van der Waals surface area contributed by atoms with E-state index in [1.807, 2.05) is 0 Å². The maximum Gasteiger partial charge on any atom is 0.340 e. The van der Waals surface area contributed by atoms with E-state index in [0.717, 1.165) is 11.1 Å². The number of hydrogen-bond acceptors (Lipinski definition) is 1. The molecule has 170 valence electrons. The predicted molar refractivity (Wildman–Crippen MR) is 121 cm³/mol. The summed E-state index contributed by atoms with van der Waals surface area (Å²) in [6.07, 6.45) is 3.01. The zero-order valence-corrected chi connectivity index (χ0v) is 19.3. The number of alkyl halides is 4. The van der Waals surface area contributed by atoms with E-state index in [1.54, 1.807) is 12.1 Å². The van der Waals surface area contributed by atoms with Crippen molar-refractivity contribution in [3.05, 3.63) is 54.1 Å². The first-order valence-electron chi connectivity index (χ1n) is 11.4. The highest BCUT2D eigenvalue weighted by Gasteiger charge is 2.41. The highest BCUT2D eigenvalue weighted by atomic mass is 28.3. The second-order valence-electron chi connectivity index (χ2n) is 8.71. The Labute approximate surface area is 184 Å². The standard InChI is InChI=1S/C25H32F4OSi/c1-2-3-4-15-31-16-13-22(14-17-31)20-7-5-19(6-8-20)21-9-11-23(12-10-21)30-18-25(28,29)24(26)27/h5-12,22,24,31H,2-4,13-18H2,1H3/t22-,31-. The SMILES string of the molecule is CCCCC[Si@H]1CC[C@H](c2ccc(-c3ccc(OCC(F)(F)C(F)F)cc3)cc2)CC1. The lowest BCUT2D eigenvalue weighted by Gasteiger charge is -2.28. The lowest BCUT2D eigenvalue weighted by molar-refractivity contribution is -0.148. The Morgan fingerprint density at radius 1 is 0.935 bits per heavy atom. The zero-order chi connectivity index (χ0) is 22.3. The van der Waals surface area contributed by atoms with Gasteiger partial charge >= 0.3 is 12.3 Å². The van der Waals surface area contributed by atoms with Gasteiger partial charge in [0.2, 0.25) is 0 Å². The molecule has 1 fully saturated rings. The van der Waals surface area contributed by atoms with E-state index < -0.39 is 27.8 Å². The van der Waals surface area contributed by atoms with Crippen LogP contribution in [0.5, 0.6) is 5.75 Å². The molecule has 0 aliphatic carbocycles. The molecule has 3 rings (SSSR count). The molecule has 0 aromatic heterocycles. The van der Waals surface area contributed by atoms with Crippen LogP contribution in [0.4, 0.5) is 17.6 Å². The molecule has 0 N–H and O–H groups in total. The molecule has 1 heterocycles. The molecule has 6 heteroatoms. The van der Waals surface area contributed by atoms with Gasteiger partial charge in [-0.15, -0.1) is 0 Å². The number of halogens is 4. The molecule has 1 aliphatic rings. The normalized spacial score (nSPS) is 19.5. The zero-order valence-electron chi connectivity index (χ0n) is 18.1. The van der Waals surface area contributed by atoms with Crippen molar-refractivity contribution < 1.29 is 22.3 Å². The van der Waals surface area contributed by atoms with Gasteiger partial charge in [0, 0.05) is 8.80 Å². The fourth-order valence-electron chi connectivity index (χ4n) is 4.40. The maximum atomic E-state index is 13.0. The average molecular weight is 453 g/mol. The van der Waals surface area contributed by atoms with E-state index in [-0.39, 0.29) is 5.75 Å². The van der Waals surface area contributed by atoms with Gasteiger partial charge in [0.15, 0.2) is 6.61 Å². The van der Waals surface area contributed by atoms with Crippen molar-refractivity contribution in [2.75, 3.05) is 6.61 Å². The van der Waals surface area contributed by atoms with Crippen molar-refractivity contribution >= 4 is 8.80 Å². The molecule has 31 heavy (non-hydrogen) atoms. The third kappa shape index (κ3) is 6.83. The Kier molecular flexibility index (Phi) is 8.58. The molecular formula is C25H32F4OSi. The van der Waals surface area contributed by atoms with Gasteiger partial charge in [0.05, 0.1) is 0 Å². The van der Waals surface area contributed by atoms with Gasteiger partial charge in [0.1, 0.15) is 5.75 Å². The average Bonchev–Trinajstić information content (AvgIpc) is 2.79. The summed E-state index contributed by atoms with van der Waals surface area (Å²) in [4.78, 5) is 0. The van der Waals surface area contributed by atoms with Gasteiger partial charge in [-0.05, 0) is 47.6 Å². The summed E-state index contributed by atoms with van der Waals surface area (Å²) in [5, 5.41) is 0. The number of unbranched alkanes of at least 4 members (excludes halogenated alkanes) is 2. The van der Waals surface area contributed by atoms with E-state index in [1.165, 1.54) is 67.9 Å². The Morgan fingerprint density at radius 3 is 2.06 bits per heavy atom. The summed E-state index contributed by atoms with van der Waals surface area (Å²) in [6, 6.07) is 19.6. The molecule has 1 aliphatic heterocycles. The summed E-state index contributed by atoms with van der Waals surface area (Å²) < 4.78 is 55.2. The van der Waals surface area contributed by atoms with E-state index in [4.69, 9.17) is 4.74 Å². The fourth-order valence-corrected chi connectivity index (χ4v) is 7.88. The summed E-state index contributed by atoms with van der Waals surface area (Å²) in [5.74, 6) is -3.33. The minimum atomic E-state index is -4.15. The molecule has 0 amide bonds. The van der Waals surface area contributed by atoms with Crippen molar-refractivity contribution in [2.45, 2.75) is 75.4 Å². The number of hydrogen-bond donors (Lipinski definition) is 0. The lowest BCUT2D eigenvalue weighted by Crippen LogP contribution is -2.33. The van der Waals surface area contributed by atoms with Crippen LogP contribution in [0, 0.1) is 0 Å². The fraction of sp³-hybridized carbons (Fsp3) is 0.520. The first-order chi connectivity index (χ1) is 14.9. The lowest BCUT2D eigenvalue weighted by atomic mass is 9.92. The van der Waals surface area contributed by atoms with Crippen LogP contribution < -0.4 is 4.74 Å². The molecule has 1 saturated heterocycles. The van der Waals surface area contributed by atoms with Gasteiger partial charge < -0.3 is 4.74 Å². The van der Waals surface area contributed by atoms with Crippen LogP contribution in [0.3, 0.4) is 0 Å². The van der Waals surface area contributed by atoms with E-state index >= 15 is 0 Å². The molecule has 0 bridgehead atoms. The van der Waals surface area contributed by atoms with Crippen molar-refractivity contribution in [2.24, 2.45) is 0 Å². The smallest absolute Gasteiger partial charge is 0.340 e. The Bertz CT molecular complexity index is 784. The van der Waals surface area contributed by atoms with Crippen molar-refractivity contribution in [3.63, 3.8) is 0 Å². The van der Waals surface area contributed by atoms with Gasteiger partial charge in [-0.2, -0.15) is 8.78 Å². The highest BCUT2D eigenvalue weighted by Crippen LogP contribution is 2.36. The third-order valence-corrected chi connectivity index (χ3v) is 9.91. The number of ether oxygens (including phenoxy) is 1. The van der Waals surface area contributed by atoms with Gasteiger partial charge in [-0.25, -0.2) is 8.78 Å². The van der Waals surface area contributed by atoms with E-state index in [2.05, 4.69) is 31.2 Å². The Morgan fingerprint density at radius 2 is 1.52 bits per heavy atom. The number of benzene rings is 2. The van der Waals surface area contributed by atoms with Gasteiger partial charge in [-0.1, -0.05) is 80.7 Å². The monoisotopic (exact) mass is 452 g/mol. The summed E-state index contributed by atoms with van der Waals surface area (Å²) in [6.45, 7) is 0.935. The molecular weight excluding hydrogens is 420 g/mol. The molecule has 2 aromatic carbocycles. The maximum absolute atomic E-state index is 13.0. The molecule has 0 unspecified atom stereocenters. The van der Waals surface area contributed by atoms with Crippen LogP contribution >= 0.6 is 0 Å². The van der Waals surface area contributed by atoms with E-state index in [9.17, 15) is 17.6 Å². The highest BCUT2D eigenvalue weighted by molar-refractivity contribution is 6.59. The largest absolute Gasteiger partial charge is 0.487 e. The van der Waals surface area contributed by atoms with E-state index in [0.29, 0.717) is 5.92 Å². The van der Waals surface area contributed by atoms with Crippen molar-refractivity contribution in [3.8, 4) is 16.9 Å². The van der Waals surface area contributed by atoms with Crippen LogP contribution in [-0.4, -0.2) is 27.8 Å². The quantitative estimate of drug-likeness (QED) is 0.202. The molecule has 0 spiro atoms. The van der Waals surface area contributed by atoms with Gasteiger partial charge in [-0.3, -0.25) is 0 Å². The minimum Gasteiger partial charge on any atom is -0.487 e. The second kappa shape index (κ2) is 11.2. The second-order valence-corrected chi connectivity index (χ2v) is 12.2. The van der Waals surface area contributed by atoms with Crippen LogP contribution in [0.15, 0.2) is 48.5 Å². The van der Waals surface area contributed by atoms with Gasteiger partial charge in [0.25, 0.3) is 0 Å². The van der Waals surface area contributed by atoms with Crippen LogP contribution in [0.1, 0.15) is 50.5 Å². The van der Waals surface area contributed by atoms with Crippen LogP contribution in [0.2, 0.25) is 18.1 Å². The Balaban J connectivity index is 1.52. The van der Waals surface area contributed by atoms with Crippen molar-refractivity contribution in [1.82, 2.24) is 0 Å². The first kappa shape index (κ1) is 23.8. The Hall–Kier alpha value is -1.82. The van der Waals surface area contributed by atoms with Crippen molar-refractivity contribution in [1.29, 1.82) is 0 Å². The predicted octanol–water partition coefficient (Wildman–Crippen LogP) is 7.93. The summed E-state index contributed by atoms with van der Waals surface area (Å²) >= 11 is 0. The number of rotatable bonds is 10. The van der Waals surface area contributed by atoms with Crippen LogP contribution in [0.25, 0.3) is 11.1 Å². The first-order valence-corrected chi connectivity index (χ1v) is 13.8. The summed E-state index contributed by atoms with van der Waals surface area (Å²) in [7, 11) is -0.507.